The van der Waals surface area contributed by atoms with Crippen LogP contribution in [-0.2, 0) is 13.1 Å². The first kappa shape index (κ1) is 25.3. The van der Waals surface area contributed by atoms with E-state index >= 15 is 0 Å². The fourth-order valence-corrected chi connectivity index (χ4v) is 4.24. The molecule has 1 N–H and O–H groups in total. The van der Waals surface area contributed by atoms with Gasteiger partial charge in [-0.15, -0.1) is 0 Å². The van der Waals surface area contributed by atoms with Crippen LogP contribution in [-0.4, -0.2) is 10.5 Å². The predicted molar refractivity (Wildman–Crippen MR) is 139 cm³/mol. The van der Waals surface area contributed by atoms with E-state index in [1.807, 2.05) is 19.9 Å². The fourth-order valence-electron chi connectivity index (χ4n) is 4.24. The zero-order valence-electron chi connectivity index (χ0n) is 20.6. The molecule has 0 unspecified atom stereocenters. The van der Waals surface area contributed by atoms with Crippen molar-refractivity contribution in [3.8, 4) is 0 Å². The Morgan fingerprint density at radius 2 is 1.64 bits per heavy atom. The van der Waals surface area contributed by atoms with Gasteiger partial charge in [-0.2, -0.15) is 0 Å². The summed E-state index contributed by atoms with van der Waals surface area (Å²) >= 11 is 0. The number of pyridine rings is 1. The first-order chi connectivity index (χ1) is 17.4. The minimum absolute atomic E-state index is 0.0324. The van der Waals surface area contributed by atoms with Gasteiger partial charge in [-0.3, -0.25) is 9.59 Å². The summed E-state index contributed by atoms with van der Waals surface area (Å²) in [4.78, 5) is 26.8. The maximum atomic E-state index is 13.6. The highest BCUT2D eigenvalue weighted by atomic mass is 19.1. The molecular weight excluding hydrogens is 458 g/mol. The van der Waals surface area contributed by atoms with E-state index in [1.54, 1.807) is 34.9 Å². The van der Waals surface area contributed by atoms with Crippen LogP contribution in [0.4, 0.5) is 8.78 Å². The van der Waals surface area contributed by atoms with Crippen LogP contribution in [0.25, 0.3) is 12.2 Å². The van der Waals surface area contributed by atoms with Crippen molar-refractivity contribution in [1.29, 1.82) is 0 Å². The van der Waals surface area contributed by atoms with Crippen molar-refractivity contribution in [3.63, 3.8) is 0 Å². The molecule has 0 radical (unpaired) electrons. The van der Waals surface area contributed by atoms with E-state index < -0.39 is 11.5 Å². The van der Waals surface area contributed by atoms with Crippen LogP contribution in [0.3, 0.4) is 0 Å². The van der Waals surface area contributed by atoms with Crippen LogP contribution in [0.5, 0.6) is 0 Å². The van der Waals surface area contributed by atoms with Gasteiger partial charge in [-0.05, 0) is 90.4 Å². The van der Waals surface area contributed by atoms with E-state index in [1.165, 1.54) is 29.8 Å². The monoisotopic (exact) mass is 488 g/mol. The molecule has 0 saturated heterocycles. The molecule has 1 aliphatic carbocycles. The predicted octanol–water partition coefficient (Wildman–Crippen LogP) is 4.43. The highest BCUT2D eigenvalue weighted by molar-refractivity contribution is 5.93. The van der Waals surface area contributed by atoms with Crippen LogP contribution in [0, 0.1) is 17.6 Å². The van der Waals surface area contributed by atoms with Gasteiger partial charge >= 0.3 is 0 Å². The Bertz CT molecular complexity index is 1450. The Hall–Kier alpha value is -3.80. The van der Waals surface area contributed by atoms with Crippen LogP contribution >= 0.6 is 0 Å². The van der Waals surface area contributed by atoms with E-state index in [0.29, 0.717) is 12.3 Å². The van der Waals surface area contributed by atoms with E-state index in [-0.39, 0.29) is 30.3 Å². The lowest BCUT2D eigenvalue weighted by atomic mass is 10.1. The molecule has 3 aromatic rings. The summed E-state index contributed by atoms with van der Waals surface area (Å²) in [6.07, 6.45) is 9.09. The van der Waals surface area contributed by atoms with Gasteiger partial charge in [0.15, 0.2) is 0 Å². The molecule has 1 saturated carbocycles. The Labute approximate surface area is 209 Å². The number of benzene rings is 2. The van der Waals surface area contributed by atoms with Crippen molar-refractivity contribution in [2.45, 2.75) is 46.2 Å². The quantitative estimate of drug-likeness (QED) is 0.510. The fraction of sp³-hybridized carbons (Fsp3) is 0.267. The molecule has 2 aromatic carbocycles. The minimum Gasteiger partial charge on any atom is -0.348 e. The summed E-state index contributed by atoms with van der Waals surface area (Å²) in [5.41, 5.74) is 2.29. The van der Waals surface area contributed by atoms with Gasteiger partial charge in [0.05, 0.1) is 6.54 Å². The van der Waals surface area contributed by atoms with Crippen LogP contribution in [0.2, 0.25) is 0 Å². The van der Waals surface area contributed by atoms with Crippen molar-refractivity contribution >= 4 is 18.1 Å². The van der Waals surface area contributed by atoms with Crippen molar-refractivity contribution in [1.82, 2.24) is 9.88 Å². The summed E-state index contributed by atoms with van der Waals surface area (Å²) in [7, 11) is 0. The molecule has 36 heavy (non-hydrogen) atoms. The number of hydrogen-bond donors (Lipinski definition) is 1. The molecule has 4 nitrogen and oxygen atoms in total. The standard InChI is InChI=1S/C30H30F2N2O2/c1-3-5-28-24(16-22(4-2)23-10-11-23)17-27(29(35)33-18-20-6-12-25(31)13-7-20)30(36)34(28)19-21-8-14-26(32)15-9-21/h4-9,12-17,23H,3,10-11,18-19H2,1-2H3,(H,33,35)/b22-4+,24-16-,28-5-. The number of nitrogens with one attached hydrogen (secondary N) is 1. The zero-order valence-corrected chi connectivity index (χ0v) is 20.6. The Balaban J connectivity index is 1.81. The normalized spacial score (nSPS) is 14.8. The highest BCUT2D eigenvalue weighted by Crippen LogP contribution is 2.36. The molecule has 1 aliphatic rings. The van der Waals surface area contributed by atoms with Gasteiger partial charge < -0.3 is 9.88 Å². The molecule has 0 spiro atoms. The van der Waals surface area contributed by atoms with Crippen LogP contribution in [0.15, 0.2) is 71.0 Å². The SMILES string of the molecule is C\C=C(/C=c1/cc(C(=O)NCc2ccc(F)cc2)c(=O)n(Cc2ccc(F)cc2)/c1=C\CC)C1CC1. The molecule has 0 bridgehead atoms. The summed E-state index contributed by atoms with van der Waals surface area (Å²) in [6.45, 7) is 4.37. The molecule has 186 valence electrons. The number of carbonyl (C=O) groups is 1. The number of amides is 1. The third-order valence-electron chi connectivity index (χ3n) is 6.33. The maximum Gasteiger partial charge on any atom is 0.264 e. The third-order valence-corrected chi connectivity index (χ3v) is 6.33. The van der Waals surface area contributed by atoms with Gasteiger partial charge in [-0.1, -0.05) is 43.3 Å². The van der Waals surface area contributed by atoms with E-state index in [9.17, 15) is 18.4 Å². The molecule has 1 amide bonds. The van der Waals surface area contributed by atoms with E-state index in [4.69, 9.17) is 0 Å². The van der Waals surface area contributed by atoms with E-state index in [0.717, 1.165) is 34.5 Å². The Morgan fingerprint density at radius 1 is 1.03 bits per heavy atom. The summed E-state index contributed by atoms with van der Waals surface area (Å²) in [6, 6.07) is 13.5. The molecular formula is C30H30F2N2O2. The number of rotatable bonds is 8. The van der Waals surface area contributed by atoms with Crippen LogP contribution < -0.4 is 21.4 Å². The summed E-state index contributed by atoms with van der Waals surface area (Å²) < 4.78 is 28.3. The topological polar surface area (TPSA) is 51.1 Å². The number of allylic oxidation sites excluding steroid dienone is 2. The second-order valence-corrected chi connectivity index (χ2v) is 9.05. The molecule has 0 atom stereocenters. The molecule has 1 fully saturated rings. The number of aromatic nitrogens is 1. The molecule has 1 heterocycles. The lowest BCUT2D eigenvalue weighted by molar-refractivity contribution is 0.0948. The largest absolute Gasteiger partial charge is 0.348 e. The second kappa shape index (κ2) is 11.3. The smallest absolute Gasteiger partial charge is 0.264 e. The summed E-state index contributed by atoms with van der Waals surface area (Å²) in [5, 5.41) is 4.33. The lowest BCUT2D eigenvalue weighted by Crippen LogP contribution is -2.47. The highest BCUT2D eigenvalue weighted by Gasteiger charge is 2.24. The molecule has 0 aliphatic heterocycles. The molecule has 1 aromatic heterocycles. The Kier molecular flexibility index (Phi) is 7.93. The third kappa shape index (κ3) is 6.06. The van der Waals surface area contributed by atoms with Gasteiger partial charge in [-0.25, -0.2) is 8.78 Å². The lowest BCUT2D eigenvalue weighted by Gasteiger charge is -2.13. The van der Waals surface area contributed by atoms with Crippen molar-refractivity contribution in [3.05, 3.63) is 115 Å². The number of carbonyl (C=O) groups excluding carboxylic acids is 1. The summed E-state index contributed by atoms with van der Waals surface area (Å²) in [5.74, 6) is -0.704. The van der Waals surface area contributed by atoms with Gasteiger partial charge in [0.2, 0.25) is 0 Å². The Morgan fingerprint density at radius 3 is 2.19 bits per heavy atom. The average molecular weight is 489 g/mol. The van der Waals surface area contributed by atoms with Gasteiger partial charge in [0.25, 0.3) is 11.5 Å². The van der Waals surface area contributed by atoms with Crippen molar-refractivity contribution in [2.75, 3.05) is 0 Å². The zero-order chi connectivity index (χ0) is 25.7. The molecule has 4 rings (SSSR count). The van der Waals surface area contributed by atoms with E-state index in [2.05, 4.69) is 17.5 Å². The first-order valence-electron chi connectivity index (χ1n) is 12.3. The maximum absolute atomic E-state index is 13.6. The van der Waals surface area contributed by atoms with Gasteiger partial charge in [0, 0.05) is 11.9 Å². The van der Waals surface area contributed by atoms with Crippen molar-refractivity contribution in [2.24, 2.45) is 5.92 Å². The number of halogens is 2. The average Bonchev–Trinajstić information content (AvgIpc) is 3.72. The first-order valence-corrected chi connectivity index (χ1v) is 12.3. The number of nitrogens with zero attached hydrogens (tertiary/aromatic N) is 1. The number of hydrogen-bond acceptors (Lipinski definition) is 2. The second-order valence-electron chi connectivity index (χ2n) is 9.05. The van der Waals surface area contributed by atoms with Gasteiger partial charge in [0.1, 0.15) is 17.2 Å². The van der Waals surface area contributed by atoms with Crippen LogP contribution in [0.1, 0.15) is 54.6 Å². The minimum atomic E-state index is -0.497. The van der Waals surface area contributed by atoms with Crippen molar-refractivity contribution < 1.29 is 13.6 Å². The molecule has 6 heteroatoms.